The zero-order valence-electron chi connectivity index (χ0n) is 12.4. The molecule has 0 saturated heterocycles. The van der Waals surface area contributed by atoms with Crippen molar-refractivity contribution in [1.82, 2.24) is 10.3 Å². The van der Waals surface area contributed by atoms with Gasteiger partial charge in [-0.05, 0) is 43.9 Å². The van der Waals surface area contributed by atoms with Crippen molar-refractivity contribution >= 4 is 5.78 Å². The molecule has 0 radical (unpaired) electrons. The Bertz CT molecular complexity index is 390. The molecular formula is C16H26N2O. The van der Waals surface area contributed by atoms with Gasteiger partial charge in [0.05, 0.1) is 6.54 Å². The monoisotopic (exact) mass is 262 g/mol. The SMILES string of the molecule is CCCCc1ccnc(CC(CC)NCC(C)=O)c1. The predicted octanol–water partition coefficient (Wildman–Crippen LogP) is 2.92. The van der Waals surface area contributed by atoms with E-state index >= 15 is 0 Å². The normalized spacial score (nSPS) is 12.4. The number of nitrogens with zero attached hydrogens (tertiary/aromatic N) is 1. The van der Waals surface area contributed by atoms with Crippen LogP contribution in [-0.2, 0) is 17.6 Å². The highest BCUT2D eigenvalue weighted by molar-refractivity contribution is 5.77. The van der Waals surface area contributed by atoms with E-state index < -0.39 is 0 Å². The number of pyridine rings is 1. The zero-order valence-corrected chi connectivity index (χ0v) is 12.4. The topological polar surface area (TPSA) is 42.0 Å². The summed E-state index contributed by atoms with van der Waals surface area (Å²) in [6.45, 7) is 6.41. The second-order valence-electron chi connectivity index (χ2n) is 5.15. The lowest BCUT2D eigenvalue weighted by Gasteiger charge is -2.16. The standard InChI is InChI=1S/C16H26N2O/c1-4-6-7-14-8-9-17-16(10-14)11-15(5-2)18-12-13(3)19/h8-10,15,18H,4-7,11-12H2,1-3H3. The Labute approximate surface area is 116 Å². The molecule has 1 aromatic heterocycles. The maximum atomic E-state index is 11.0. The molecule has 3 nitrogen and oxygen atoms in total. The van der Waals surface area contributed by atoms with Gasteiger partial charge in [-0.25, -0.2) is 0 Å². The van der Waals surface area contributed by atoms with Gasteiger partial charge in [0.15, 0.2) is 0 Å². The van der Waals surface area contributed by atoms with Gasteiger partial charge in [0.25, 0.3) is 0 Å². The summed E-state index contributed by atoms with van der Waals surface area (Å²) in [5.41, 5.74) is 2.49. The molecule has 106 valence electrons. The number of hydrogen-bond donors (Lipinski definition) is 1. The highest BCUT2D eigenvalue weighted by Crippen LogP contribution is 2.09. The molecule has 0 aliphatic carbocycles. The summed E-state index contributed by atoms with van der Waals surface area (Å²) >= 11 is 0. The summed E-state index contributed by atoms with van der Waals surface area (Å²) in [5, 5.41) is 3.29. The molecular weight excluding hydrogens is 236 g/mol. The molecule has 0 spiro atoms. The number of hydrogen-bond acceptors (Lipinski definition) is 3. The molecule has 0 amide bonds. The first-order chi connectivity index (χ1) is 9.15. The van der Waals surface area contributed by atoms with E-state index in [0.29, 0.717) is 12.6 Å². The number of aromatic nitrogens is 1. The van der Waals surface area contributed by atoms with E-state index in [1.165, 1.54) is 18.4 Å². The van der Waals surface area contributed by atoms with Gasteiger partial charge < -0.3 is 5.32 Å². The number of nitrogens with one attached hydrogen (secondary N) is 1. The first-order valence-corrected chi connectivity index (χ1v) is 7.32. The van der Waals surface area contributed by atoms with Crippen molar-refractivity contribution in [2.75, 3.05) is 6.54 Å². The van der Waals surface area contributed by atoms with E-state index in [2.05, 4.69) is 36.3 Å². The molecule has 0 aromatic carbocycles. The number of carbonyl (C=O) groups excluding carboxylic acids is 1. The molecule has 1 aromatic rings. The Kier molecular flexibility index (Phi) is 7.34. The van der Waals surface area contributed by atoms with Gasteiger partial charge in [0.2, 0.25) is 0 Å². The second kappa shape index (κ2) is 8.81. The van der Waals surface area contributed by atoms with Crippen LogP contribution in [0.4, 0.5) is 0 Å². The van der Waals surface area contributed by atoms with Gasteiger partial charge in [-0.2, -0.15) is 0 Å². The fourth-order valence-electron chi connectivity index (χ4n) is 2.08. The van der Waals surface area contributed by atoms with Crippen molar-refractivity contribution in [3.05, 3.63) is 29.6 Å². The summed E-state index contributed by atoms with van der Waals surface area (Å²) in [5.74, 6) is 0.183. The van der Waals surface area contributed by atoms with Crippen LogP contribution in [-0.4, -0.2) is 23.4 Å². The van der Waals surface area contributed by atoms with Gasteiger partial charge in [0.1, 0.15) is 5.78 Å². The molecule has 0 bridgehead atoms. The predicted molar refractivity (Wildman–Crippen MR) is 79.3 cm³/mol. The highest BCUT2D eigenvalue weighted by Gasteiger charge is 2.09. The van der Waals surface area contributed by atoms with Crippen LogP contribution in [0.5, 0.6) is 0 Å². The molecule has 1 rings (SSSR count). The Hall–Kier alpha value is -1.22. The third kappa shape index (κ3) is 6.48. The number of ketones is 1. The Morgan fingerprint density at radius 1 is 1.42 bits per heavy atom. The first kappa shape index (κ1) is 15.8. The van der Waals surface area contributed by atoms with Crippen LogP contribution in [0.25, 0.3) is 0 Å². The summed E-state index contributed by atoms with van der Waals surface area (Å²) in [6, 6.07) is 4.63. The molecule has 1 N–H and O–H groups in total. The Morgan fingerprint density at radius 3 is 2.84 bits per heavy atom. The fourth-order valence-corrected chi connectivity index (χ4v) is 2.08. The van der Waals surface area contributed by atoms with Crippen molar-refractivity contribution in [3.63, 3.8) is 0 Å². The molecule has 1 atom stereocenters. The minimum atomic E-state index is 0.183. The Balaban J connectivity index is 2.55. The summed E-state index contributed by atoms with van der Waals surface area (Å²) < 4.78 is 0. The maximum absolute atomic E-state index is 11.0. The van der Waals surface area contributed by atoms with Gasteiger partial charge in [0, 0.05) is 24.4 Å². The summed E-state index contributed by atoms with van der Waals surface area (Å²) in [6.07, 6.45) is 7.37. The van der Waals surface area contributed by atoms with E-state index in [0.717, 1.165) is 25.0 Å². The van der Waals surface area contributed by atoms with Crippen LogP contribution >= 0.6 is 0 Å². The van der Waals surface area contributed by atoms with Crippen LogP contribution in [0.3, 0.4) is 0 Å². The molecule has 1 unspecified atom stereocenters. The van der Waals surface area contributed by atoms with Crippen LogP contribution in [0.1, 0.15) is 51.3 Å². The number of unbranched alkanes of at least 4 members (excludes halogenated alkanes) is 1. The third-order valence-electron chi connectivity index (χ3n) is 3.29. The minimum Gasteiger partial charge on any atom is -0.307 e. The number of carbonyl (C=O) groups is 1. The fraction of sp³-hybridized carbons (Fsp3) is 0.625. The molecule has 3 heteroatoms. The van der Waals surface area contributed by atoms with Gasteiger partial charge >= 0.3 is 0 Å². The Morgan fingerprint density at radius 2 is 2.21 bits per heavy atom. The van der Waals surface area contributed by atoms with Crippen LogP contribution in [0, 0.1) is 0 Å². The van der Waals surface area contributed by atoms with Crippen molar-refractivity contribution in [3.8, 4) is 0 Å². The smallest absolute Gasteiger partial charge is 0.143 e. The van der Waals surface area contributed by atoms with Crippen molar-refractivity contribution in [2.45, 2.75) is 58.9 Å². The van der Waals surface area contributed by atoms with Gasteiger partial charge in [-0.3, -0.25) is 9.78 Å². The lowest BCUT2D eigenvalue weighted by atomic mass is 10.0. The van der Waals surface area contributed by atoms with Crippen LogP contribution < -0.4 is 5.32 Å². The first-order valence-electron chi connectivity index (χ1n) is 7.32. The van der Waals surface area contributed by atoms with E-state index in [1.54, 1.807) is 6.92 Å². The molecule has 0 aliphatic rings. The van der Waals surface area contributed by atoms with Gasteiger partial charge in [-0.1, -0.05) is 20.3 Å². The highest BCUT2D eigenvalue weighted by atomic mass is 16.1. The maximum Gasteiger partial charge on any atom is 0.143 e. The lowest BCUT2D eigenvalue weighted by Crippen LogP contribution is -2.34. The van der Waals surface area contributed by atoms with Gasteiger partial charge in [-0.15, -0.1) is 0 Å². The average Bonchev–Trinajstić information content (AvgIpc) is 2.41. The molecule has 0 fully saturated rings. The number of aryl methyl sites for hydroxylation is 1. The largest absolute Gasteiger partial charge is 0.307 e. The van der Waals surface area contributed by atoms with E-state index in [1.807, 2.05) is 6.20 Å². The van der Waals surface area contributed by atoms with Crippen LogP contribution in [0.2, 0.25) is 0 Å². The summed E-state index contributed by atoms with van der Waals surface area (Å²) in [4.78, 5) is 15.4. The quantitative estimate of drug-likeness (QED) is 0.744. The van der Waals surface area contributed by atoms with Crippen molar-refractivity contribution in [2.24, 2.45) is 0 Å². The van der Waals surface area contributed by atoms with Crippen molar-refractivity contribution < 1.29 is 4.79 Å². The zero-order chi connectivity index (χ0) is 14.1. The average molecular weight is 262 g/mol. The third-order valence-corrected chi connectivity index (χ3v) is 3.29. The molecule has 1 heterocycles. The van der Waals surface area contributed by atoms with E-state index in [9.17, 15) is 4.79 Å². The van der Waals surface area contributed by atoms with Crippen LogP contribution in [0.15, 0.2) is 18.3 Å². The van der Waals surface area contributed by atoms with Crippen molar-refractivity contribution in [1.29, 1.82) is 0 Å². The molecule has 0 aliphatic heterocycles. The molecule has 0 saturated carbocycles. The van der Waals surface area contributed by atoms with E-state index in [-0.39, 0.29) is 5.78 Å². The summed E-state index contributed by atoms with van der Waals surface area (Å²) in [7, 11) is 0. The molecule has 19 heavy (non-hydrogen) atoms. The minimum absolute atomic E-state index is 0.183. The lowest BCUT2D eigenvalue weighted by molar-refractivity contribution is -0.116. The number of Topliss-reactive ketones (excluding diaryl/α,β-unsaturated/α-hetero) is 1. The second-order valence-corrected chi connectivity index (χ2v) is 5.15. The van der Waals surface area contributed by atoms with E-state index in [4.69, 9.17) is 0 Å². The number of rotatable bonds is 9.